The lowest BCUT2D eigenvalue weighted by molar-refractivity contribution is -0.671. The first-order valence-electron chi connectivity index (χ1n) is 6.55. The SMILES string of the molecule is CP(=O)([O-])O.CP(=O)([O-])O.Cn1cc[n+](C)c1.Cn1cc[n+](C)c1. The highest BCUT2D eigenvalue weighted by molar-refractivity contribution is 7.49. The molecule has 0 saturated carbocycles. The Morgan fingerprint density at radius 3 is 1.08 bits per heavy atom. The van der Waals surface area contributed by atoms with Gasteiger partial charge < -0.3 is 28.7 Å². The molecule has 0 aliphatic heterocycles. The second kappa shape index (κ2) is 11.3. The number of imidazole rings is 2. The van der Waals surface area contributed by atoms with Gasteiger partial charge in [0.15, 0.2) is 0 Å². The molecular formula is C12H26N4O6P2. The summed E-state index contributed by atoms with van der Waals surface area (Å²) in [6.07, 6.45) is 12.0. The third-order valence-electron chi connectivity index (χ3n) is 1.80. The zero-order valence-corrected chi connectivity index (χ0v) is 16.5. The molecule has 0 radical (unpaired) electrons. The Balaban J connectivity index is 0. The van der Waals surface area contributed by atoms with Crippen molar-refractivity contribution in [3.8, 4) is 0 Å². The van der Waals surface area contributed by atoms with Gasteiger partial charge in [-0.15, -0.1) is 0 Å². The summed E-state index contributed by atoms with van der Waals surface area (Å²) in [6, 6.07) is 0. The first kappa shape index (κ1) is 25.0. The maximum atomic E-state index is 9.22. The van der Waals surface area contributed by atoms with Crippen LogP contribution in [-0.4, -0.2) is 32.3 Å². The van der Waals surface area contributed by atoms with Crippen molar-refractivity contribution < 1.29 is 37.8 Å². The monoisotopic (exact) mass is 384 g/mol. The van der Waals surface area contributed by atoms with Crippen LogP contribution in [0, 0.1) is 0 Å². The molecule has 2 aromatic heterocycles. The van der Waals surface area contributed by atoms with E-state index in [-0.39, 0.29) is 0 Å². The molecule has 0 spiro atoms. The molecule has 0 aromatic carbocycles. The molecule has 0 saturated heterocycles. The molecule has 2 aromatic rings. The second-order valence-electron chi connectivity index (χ2n) is 5.10. The normalized spacial score (nSPS) is 14.4. The number of rotatable bonds is 0. The molecule has 2 atom stereocenters. The molecule has 2 heterocycles. The lowest BCUT2D eigenvalue weighted by Gasteiger charge is -2.04. The maximum absolute atomic E-state index is 9.22. The largest absolute Gasteiger partial charge is 0.779 e. The lowest BCUT2D eigenvalue weighted by atomic mass is 10.9. The fourth-order valence-electron chi connectivity index (χ4n) is 1.15. The van der Waals surface area contributed by atoms with Crippen LogP contribution in [0.5, 0.6) is 0 Å². The summed E-state index contributed by atoms with van der Waals surface area (Å²) in [5.41, 5.74) is 0. The van der Waals surface area contributed by atoms with Crippen LogP contribution in [-0.2, 0) is 37.3 Å². The van der Waals surface area contributed by atoms with Crippen LogP contribution in [0.3, 0.4) is 0 Å². The molecule has 12 heteroatoms. The van der Waals surface area contributed by atoms with Gasteiger partial charge in [-0.1, -0.05) is 0 Å². The summed E-state index contributed by atoms with van der Waals surface area (Å²) in [5.74, 6) is 0. The van der Waals surface area contributed by atoms with Gasteiger partial charge in [-0.25, -0.2) is 18.3 Å². The number of aryl methyl sites for hydroxylation is 4. The first-order chi connectivity index (χ1) is 10.6. The van der Waals surface area contributed by atoms with Crippen molar-refractivity contribution in [2.24, 2.45) is 28.2 Å². The summed E-state index contributed by atoms with van der Waals surface area (Å²) in [5, 5.41) is 0. The Morgan fingerprint density at radius 2 is 1.04 bits per heavy atom. The second-order valence-corrected chi connectivity index (χ2v) is 8.31. The molecule has 2 unspecified atom stereocenters. The average molecular weight is 384 g/mol. The first-order valence-corrected chi connectivity index (χ1v) is 10.6. The summed E-state index contributed by atoms with van der Waals surface area (Å²) in [4.78, 5) is 33.5. The third kappa shape index (κ3) is 28.8. The van der Waals surface area contributed by atoms with Crippen molar-refractivity contribution in [2.45, 2.75) is 0 Å². The van der Waals surface area contributed by atoms with E-state index in [1.54, 1.807) is 0 Å². The Morgan fingerprint density at radius 1 is 0.833 bits per heavy atom. The summed E-state index contributed by atoms with van der Waals surface area (Å²) in [6.45, 7) is 1.49. The predicted molar refractivity (Wildman–Crippen MR) is 84.7 cm³/mol. The van der Waals surface area contributed by atoms with E-state index < -0.39 is 15.2 Å². The van der Waals surface area contributed by atoms with E-state index in [1.807, 2.05) is 83.9 Å². The molecule has 0 aliphatic carbocycles. The van der Waals surface area contributed by atoms with Gasteiger partial charge in [-0.05, 0) is 0 Å². The molecule has 2 N–H and O–H groups in total. The molecule has 0 bridgehead atoms. The van der Waals surface area contributed by atoms with Crippen LogP contribution in [0.15, 0.2) is 37.4 Å². The molecule has 2 rings (SSSR count). The van der Waals surface area contributed by atoms with E-state index >= 15 is 0 Å². The van der Waals surface area contributed by atoms with Gasteiger partial charge in [0.25, 0.3) is 0 Å². The van der Waals surface area contributed by atoms with Gasteiger partial charge in [0.2, 0.25) is 12.7 Å². The zero-order chi connectivity index (χ0) is 19.6. The molecule has 0 amide bonds. The quantitative estimate of drug-likeness (QED) is 0.399. The van der Waals surface area contributed by atoms with Gasteiger partial charge >= 0.3 is 0 Å². The smallest absolute Gasteiger partial charge is 0.243 e. The van der Waals surface area contributed by atoms with Crippen LogP contribution in [0.4, 0.5) is 0 Å². The van der Waals surface area contributed by atoms with Gasteiger partial charge in [-0.2, -0.15) is 0 Å². The number of nitrogens with zero attached hydrogens (tertiary/aromatic N) is 4. The summed E-state index contributed by atoms with van der Waals surface area (Å²) >= 11 is 0. The third-order valence-corrected chi connectivity index (χ3v) is 1.80. The van der Waals surface area contributed by atoms with Crippen LogP contribution >= 0.6 is 15.2 Å². The number of hydrogen-bond donors (Lipinski definition) is 2. The minimum atomic E-state index is -3.89. The Bertz CT molecular complexity index is 565. The van der Waals surface area contributed by atoms with Crippen molar-refractivity contribution >= 4 is 15.2 Å². The van der Waals surface area contributed by atoms with Crippen LogP contribution in [0.2, 0.25) is 0 Å². The van der Waals surface area contributed by atoms with Crippen molar-refractivity contribution in [3.63, 3.8) is 0 Å². The van der Waals surface area contributed by atoms with E-state index in [2.05, 4.69) is 0 Å². The van der Waals surface area contributed by atoms with Gasteiger partial charge in [0.05, 0.1) is 28.2 Å². The molecule has 0 aliphatic rings. The molecule has 140 valence electrons. The zero-order valence-electron chi connectivity index (χ0n) is 14.7. The van der Waals surface area contributed by atoms with E-state index in [0.717, 1.165) is 13.3 Å². The van der Waals surface area contributed by atoms with Crippen molar-refractivity contribution in [2.75, 3.05) is 13.3 Å². The van der Waals surface area contributed by atoms with Crippen molar-refractivity contribution in [1.82, 2.24) is 9.13 Å². The van der Waals surface area contributed by atoms with Crippen molar-refractivity contribution in [1.29, 1.82) is 0 Å². The number of hydrogen-bond acceptors (Lipinski definition) is 4. The Kier molecular flexibility index (Phi) is 11.8. The fourth-order valence-corrected chi connectivity index (χ4v) is 1.15. The lowest BCUT2D eigenvalue weighted by Crippen LogP contribution is -2.23. The van der Waals surface area contributed by atoms with E-state index in [9.17, 15) is 18.9 Å². The van der Waals surface area contributed by atoms with Crippen LogP contribution < -0.4 is 18.9 Å². The molecule has 10 nitrogen and oxygen atoms in total. The molecule has 0 fully saturated rings. The maximum Gasteiger partial charge on any atom is 0.243 e. The van der Waals surface area contributed by atoms with Crippen molar-refractivity contribution in [3.05, 3.63) is 37.4 Å². The van der Waals surface area contributed by atoms with Gasteiger partial charge in [-0.3, -0.25) is 0 Å². The Hall–Kier alpha value is -1.28. The van der Waals surface area contributed by atoms with Gasteiger partial charge in [0, 0.05) is 13.3 Å². The standard InChI is InChI=1S/2C5H9N2.2CH5O3P/c2*1-6-3-4-7(2)5-6;2*1-5(2,3)4/h2*3-5H,1-2H3;2*1H3,(H2,2,3,4)/q2*+1;;/p-2. The number of aromatic nitrogens is 4. The molecular weight excluding hydrogens is 358 g/mol. The topological polar surface area (TPSA) is 138 Å². The van der Waals surface area contributed by atoms with E-state index in [4.69, 9.17) is 9.79 Å². The summed E-state index contributed by atoms with van der Waals surface area (Å²) < 4.78 is 26.4. The minimum absolute atomic E-state index is 0.743. The average Bonchev–Trinajstić information content (AvgIpc) is 2.83. The predicted octanol–water partition coefficient (Wildman–Crippen LogP) is -1.98. The minimum Gasteiger partial charge on any atom is -0.779 e. The highest BCUT2D eigenvalue weighted by Crippen LogP contribution is 2.20. The summed E-state index contributed by atoms with van der Waals surface area (Å²) in [7, 11) is 0.222. The van der Waals surface area contributed by atoms with E-state index in [0.29, 0.717) is 0 Å². The highest BCUT2D eigenvalue weighted by Gasteiger charge is 1.88. The van der Waals surface area contributed by atoms with E-state index in [1.165, 1.54) is 0 Å². The molecule has 24 heavy (non-hydrogen) atoms. The fraction of sp³-hybridized carbons (Fsp3) is 0.500. The van der Waals surface area contributed by atoms with Crippen LogP contribution in [0.25, 0.3) is 0 Å². The van der Waals surface area contributed by atoms with Gasteiger partial charge in [0.1, 0.15) is 40.0 Å². The van der Waals surface area contributed by atoms with Crippen LogP contribution in [0.1, 0.15) is 0 Å². The highest BCUT2D eigenvalue weighted by atomic mass is 31.2. The Labute approximate surface area is 141 Å².